The van der Waals surface area contributed by atoms with Gasteiger partial charge in [-0.15, -0.1) is 0 Å². The number of amidine groups is 1. The van der Waals surface area contributed by atoms with Gasteiger partial charge in [-0.25, -0.2) is 4.99 Å². The Kier molecular flexibility index (Phi) is 8.04. The van der Waals surface area contributed by atoms with Crippen LogP contribution in [0.2, 0.25) is 0 Å². The molecule has 2 aliphatic rings. The maximum atomic E-state index is 4.92. The van der Waals surface area contributed by atoms with Crippen molar-refractivity contribution in [2.24, 2.45) is 15.9 Å². The quantitative estimate of drug-likeness (QED) is 0.453. The van der Waals surface area contributed by atoms with E-state index in [1.807, 2.05) is 13.1 Å². The van der Waals surface area contributed by atoms with Gasteiger partial charge in [-0.1, -0.05) is 45.6 Å². The van der Waals surface area contributed by atoms with E-state index in [1.165, 1.54) is 24.0 Å². The molecular formula is C24H36N4. The molecule has 2 rings (SSSR count). The SMILES string of the molecule is C=C(CC)C1=C(C(=C\C)/C(/C=N\C)=C/C)CC(NC(=C)N2CC[C@H](CC)C2)=N1. The Labute approximate surface area is 171 Å². The van der Waals surface area contributed by atoms with E-state index in [9.17, 15) is 0 Å². The molecule has 0 saturated carbocycles. The monoisotopic (exact) mass is 380 g/mol. The molecule has 1 atom stereocenters. The average molecular weight is 381 g/mol. The maximum absolute atomic E-state index is 4.92. The van der Waals surface area contributed by atoms with Gasteiger partial charge in [-0.3, -0.25) is 4.99 Å². The van der Waals surface area contributed by atoms with Crippen molar-refractivity contribution in [1.29, 1.82) is 0 Å². The van der Waals surface area contributed by atoms with Crippen molar-refractivity contribution in [3.63, 3.8) is 0 Å². The number of rotatable bonds is 8. The predicted octanol–water partition coefficient (Wildman–Crippen LogP) is 5.39. The van der Waals surface area contributed by atoms with Crippen LogP contribution in [-0.4, -0.2) is 37.1 Å². The van der Waals surface area contributed by atoms with Gasteiger partial charge in [0.15, 0.2) is 0 Å². The zero-order chi connectivity index (χ0) is 20.7. The highest BCUT2D eigenvalue weighted by atomic mass is 15.3. The third-order valence-electron chi connectivity index (χ3n) is 5.68. The van der Waals surface area contributed by atoms with Gasteiger partial charge in [0.25, 0.3) is 0 Å². The second kappa shape index (κ2) is 10.3. The van der Waals surface area contributed by atoms with Gasteiger partial charge < -0.3 is 10.2 Å². The molecule has 0 aromatic heterocycles. The van der Waals surface area contributed by atoms with E-state index < -0.39 is 0 Å². The largest absolute Gasteiger partial charge is 0.358 e. The summed E-state index contributed by atoms with van der Waals surface area (Å²) < 4.78 is 0. The predicted molar refractivity (Wildman–Crippen MR) is 123 cm³/mol. The summed E-state index contributed by atoms with van der Waals surface area (Å²) in [5.41, 5.74) is 5.57. The van der Waals surface area contributed by atoms with Crippen LogP contribution in [-0.2, 0) is 0 Å². The van der Waals surface area contributed by atoms with Crippen LogP contribution in [0.3, 0.4) is 0 Å². The summed E-state index contributed by atoms with van der Waals surface area (Å²) >= 11 is 0. The van der Waals surface area contributed by atoms with Gasteiger partial charge in [0, 0.05) is 32.8 Å². The zero-order valence-electron chi connectivity index (χ0n) is 18.3. The first kappa shape index (κ1) is 21.9. The van der Waals surface area contributed by atoms with Crippen LogP contribution in [0, 0.1) is 5.92 Å². The minimum absolute atomic E-state index is 0.757. The van der Waals surface area contributed by atoms with Crippen LogP contribution in [0.15, 0.2) is 69.1 Å². The number of hydrogen-bond acceptors (Lipinski definition) is 4. The fourth-order valence-corrected chi connectivity index (χ4v) is 3.86. The van der Waals surface area contributed by atoms with Gasteiger partial charge in [0.1, 0.15) is 5.84 Å². The van der Waals surface area contributed by atoms with Gasteiger partial charge in [-0.05, 0) is 54.9 Å². The summed E-state index contributed by atoms with van der Waals surface area (Å²) in [5, 5.41) is 3.49. The van der Waals surface area contributed by atoms with Gasteiger partial charge >= 0.3 is 0 Å². The molecule has 4 nitrogen and oxygen atoms in total. The van der Waals surface area contributed by atoms with Crippen molar-refractivity contribution in [2.45, 2.75) is 53.4 Å². The van der Waals surface area contributed by atoms with Crippen LogP contribution < -0.4 is 5.32 Å². The second-order valence-electron chi connectivity index (χ2n) is 7.43. The Morgan fingerprint density at radius 3 is 2.57 bits per heavy atom. The van der Waals surface area contributed by atoms with Gasteiger partial charge in [0.2, 0.25) is 0 Å². The summed E-state index contributed by atoms with van der Waals surface area (Å²) in [4.78, 5) is 11.5. The molecule has 0 aliphatic carbocycles. The lowest BCUT2D eigenvalue weighted by Gasteiger charge is -2.22. The number of likely N-dealkylation sites (tertiary alicyclic amines) is 1. The third-order valence-corrected chi connectivity index (χ3v) is 5.68. The van der Waals surface area contributed by atoms with Crippen molar-refractivity contribution >= 4 is 12.1 Å². The number of allylic oxidation sites excluding steroid dienone is 5. The Hall–Kier alpha value is -2.36. The number of nitrogens with one attached hydrogen (secondary N) is 1. The maximum Gasteiger partial charge on any atom is 0.112 e. The van der Waals surface area contributed by atoms with Crippen molar-refractivity contribution in [1.82, 2.24) is 10.2 Å². The fourth-order valence-electron chi connectivity index (χ4n) is 3.86. The molecule has 0 radical (unpaired) electrons. The molecule has 2 aliphatic heterocycles. The lowest BCUT2D eigenvalue weighted by Crippen LogP contribution is -2.33. The Balaban J connectivity index is 2.22. The minimum atomic E-state index is 0.757. The van der Waals surface area contributed by atoms with E-state index in [0.717, 1.165) is 60.3 Å². The fraction of sp³-hybridized carbons (Fsp3) is 0.500. The molecule has 0 spiro atoms. The highest BCUT2D eigenvalue weighted by molar-refractivity contribution is 5.95. The second-order valence-corrected chi connectivity index (χ2v) is 7.43. The average Bonchev–Trinajstić information content (AvgIpc) is 3.34. The molecule has 0 aromatic carbocycles. The molecule has 4 heteroatoms. The molecule has 1 N–H and O–H groups in total. The van der Waals surface area contributed by atoms with E-state index in [0.29, 0.717) is 0 Å². The van der Waals surface area contributed by atoms with Crippen molar-refractivity contribution < 1.29 is 0 Å². The molecule has 0 aromatic rings. The molecule has 1 fully saturated rings. The minimum Gasteiger partial charge on any atom is -0.358 e. The molecule has 28 heavy (non-hydrogen) atoms. The molecule has 1 saturated heterocycles. The number of hydrogen-bond donors (Lipinski definition) is 1. The molecule has 0 amide bonds. The van der Waals surface area contributed by atoms with Crippen LogP contribution >= 0.6 is 0 Å². The van der Waals surface area contributed by atoms with E-state index in [4.69, 9.17) is 4.99 Å². The van der Waals surface area contributed by atoms with Gasteiger partial charge in [-0.2, -0.15) is 0 Å². The molecular weight excluding hydrogens is 344 g/mol. The van der Waals surface area contributed by atoms with E-state index in [2.05, 4.69) is 61.3 Å². The normalized spacial score (nSPS) is 21.0. The lowest BCUT2D eigenvalue weighted by atomic mass is 9.92. The summed E-state index contributed by atoms with van der Waals surface area (Å²) in [6.07, 6.45) is 10.3. The first-order chi connectivity index (χ1) is 13.5. The molecule has 0 bridgehead atoms. The molecule has 2 heterocycles. The smallest absolute Gasteiger partial charge is 0.112 e. The third kappa shape index (κ3) is 4.92. The van der Waals surface area contributed by atoms with Gasteiger partial charge in [0.05, 0.1) is 11.5 Å². The van der Waals surface area contributed by atoms with Crippen LogP contribution in [0.25, 0.3) is 0 Å². The standard InChI is InChI=1S/C24H36N4/c1-8-17(5)24-22(21(11-4)20(10-3)15-25-7)14-23(27-24)26-18(6)28-13-12-19(9-2)16-28/h10-11,15,19H,5-6,8-9,12-14,16H2,1-4,7H3,(H,26,27)/b20-10+,21-11-,25-15-/t19-/m0/s1. The number of nitrogens with zero attached hydrogens (tertiary/aromatic N) is 3. The van der Waals surface area contributed by atoms with Crippen LogP contribution in [0.4, 0.5) is 0 Å². The summed E-state index contributed by atoms with van der Waals surface area (Å²) in [5.74, 6) is 2.68. The van der Waals surface area contributed by atoms with Crippen molar-refractivity contribution in [3.05, 3.63) is 59.1 Å². The summed E-state index contributed by atoms with van der Waals surface area (Å²) in [6, 6.07) is 0. The van der Waals surface area contributed by atoms with E-state index >= 15 is 0 Å². The first-order valence-electron chi connectivity index (χ1n) is 10.4. The zero-order valence-corrected chi connectivity index (χ0v) is 18.3. The Morgan fingerprint density at radius 1 is 1.29 bits per heavy atom. The first-order valence-corrected chi connectivity index (χ1v) is 10.4. The molecule has 152 valence electrons. The lowest BCUT2D eigenvalue weighted by molar-refractivity contribution is 0.387. The van der Waals surface area contributed by atoms with E-state index in [1.54, 1.807) is 7.05 Å². The Morgan fingerprint density at radius 2 is 2.04 bits per heavy atom. The highest BCUT2D eigenvalue weighted by Gasteiger charge is 2.26. The van der Waals surface area contributed by atoms with Crippen LogP contribution in [0.5, 0.6) is 0 Å². The molecule has 0 unspecified atom stereocenters. The highest BCUT2D eigenvalue weighted by Crippen LogP contribution is 2.34. The van der Waals surface area contributed by atoms with Crippen LogP contribution in [0.1, 0.15) is 53.4 Å². The summed E-state index contributed by atoms with van der Waals surface area (Å²) in [7, 11) is 1.80. The topological polar surface area (TPSA) is 40.0 Å². The van der Waals surface area contributed by atoms with Crippen molar-refractivity contribution in [2.75, 3.05) is 20.1 Å². The Bertz CT molecular complexity index is 761. The number of aliphatic imine (C=N–C) groups is 2. The summed E-state index contributed by atoms with van der Waals surface area (Å²) in [6.45, 7) is 19.2. The van der Waals surface area contributed by atoms with Crippen molar-refractivity contribution in [3.8, 4) is 0 Å². The van der Waals surface area contributed by atoms with E-state index in [-0.39, 0.29) is 0 Å².